The fraction of sp³-hybridized carbons (Fsp3) is 0.600. The summed E-state index contributed by atoms with van der Waals surface area (Å²) in [5, 5.41) is 23.2. The largest absolute Gasteiger partial charge is 0.388 e. The van der Waals surface area contributed by atoms with Crippen LogP contribution < -0.4 is 5.32 Å². The Kier molecular flexibility index (Phi) is 7.43. The Hall–Kier alpha value is -2.20. The van der Waals surface area contributed by atoms with Crippen molar-refractivity contribution < 1.29 is 29.3 Å². The second kappa shape index (κ2) is 10.0. The number of aliphatic hydroxyl groups is 2. The van der Waals surface area contributed by atoms with Gasteiger partial charge in [-0.15, -0.1) is 0 Å². The van der Waals surface area contributed by atoms with Crippen LogP contribution in [0.3, 0.4) is 0 Å². The van der Waals surface area contributed by atoms with Crippen molar-refractivity contribution in [3.8, 4) is 0 Å². The van der Waals surface area contributed by atoms with E-state index in [1.54, 1.807) is 16.8 Å². The molecule has 2 fully saturated rings. The molecule has 9 nitrogen and oxygen atoms in total. The van der Waals surface area contributed by atoms with Crippen LogP contribution >= 0.6 is 0 Å². The van der Waals surface area contributed by atoms with Gasteiger partial charge < -0.3 is 34.8 Å². The molecule has 4 atom stereocenters. The molecule has 0 radical (unpaired) electrons. The van der Waals surface area contributed by atoms with Crippen LogP contribution in [-0.4, -0.2) is 96.3 Å². The summed E-state index contributed by atoms with van der Waals surface area (Å²) in [5.74, 6) is -0.192. The van der Waals surface area contributed by atoms with Gasteiger partial charge >= 0.3 is 6.03 Å². The van der Waals surface area contributed by atoms with Crippen molar-refractivity contribution in [1.82, 2.24) is 15.1 Å². The predicted molar refractivity (Wildman–Crippen MR) is 104 cm³/mol. The second-order valence-electron chi connectivity index (χ2n) is 7.42. The zero-order valence-corrected chi connectivity index (χ0v) is 16.6. The van der Waals surface area contributed by atoms with Crippen LogP contribution in [0, 0.1) is 0 Å². The molecule has 1 aromatic rings. The molecule has 0 aliphatic carbocycles. The fourth-order valence-corrected chi connectivity index (χ4v) is 3.50. The summed E-state index contributed by atoms with van der Waals surface area (Å²) in [7, 11) is 1.69. The van der Waals surface area contributed by atoms with E-state index < -0.39 is 24.4 Å². The smallest absolute Gasteiger partial charge is 0.317 e. The molecular formula is C20H29N3O6. The van der Waals surface area contributed by atoms with Crippen LogP contribution in [0.5, 0.6) is 0 Å². The Morgan fingerprint density at radius 3 is 2.48 bits per heavy atom. The first-order valence-electron chi connectivity index (χ1n) is 9.85. The number of benzene rings is 1. The number of morpholine rings is 1. The number of rotatable bonds is 6. The van der Waals surface area contributed by atoms with Crippen LogP contribution in [0.4, 0.5) is 4.79 Å². The molecule has 0 aromatic heterocycles. The quantitative estimate of drug-likeness (QED) is 0.590. The topological polar surface area (TPSA) is 112 Å². The third-order valence-electron chi connectivity index (χ3n) is 5.28. The molecule has 3 N–H and O–H groups in total. The van der Waals surface area contributed by atoms with Crippen molar-refractivity contribution in [3.05, 3.63) is 35.9 Å². The lowest BCUT2D eigenvalue weighted by atomic mass is 10.0. The minimum absolute atomic E-state index is 0.0462. The van der Waals surface area contributed by atoms with Crippen LogP contribution in [0.2, 0.25) is 0 Å². The van der Waals surface area contributed by atoms with E-state index in [0.29, 0.717) is 32.8 Å². The highest BCUT2D eigenvalue weighted by atomic mass is 16.5. The highest BCUT2D eigenvalue weighted by Crippen LogP contribution is 2.24. The zero-order valence-electron chi connectivity index (χ0n) is 16.6. The molecule has 160 valence electrons. The maximum absolute atomic E-state index is 12.5. The van der Waals surface area contributed by atoms with Gasteiger partial charge in [0.15, 0.2) is 0 Å². The Morgan fingerprint density at radius 2 is 1.79 bits per heavy atom. The molecule has 1 aromatic carbocycles. The van der Waals surface area contributed by atoms with E-state index in [-0.39, 0.29) is 24.9 Å². The Bertz CT molecular complexity index is 682. The molecule has 2 aliphatic heterocycles. The number of hydrogen-bond acceptors (Lipinski definition) is 6. The van der Waals surface area contributed by atoms with Gasteiger partial charge in [-0.2, -0.15) is 0 Å². The summed E-state index contributed by atoms with van der Waals surface area (Å²) in [6, 6.07) is 9.32. The normalized spacial score (nSPS) is 26.9. The van der Waals surface area contributed by atoms with E-state index in [1.807, 2.05) is 30.3 Å². The molecule has 0 saturated carbocycles. The summed E-state index contributed by atoms with van der Waals surface area (Å²) in [6.07, 6.45) is -3.99. The lowest BCUT2D eigenvalue weighted by Gasteiger charge is -2.27. The first kappa shape index (κ1) is 21.5. The van der Waals surface area contributed by atoms with Crippen LogP contribution in [0.15, 0.2) is 30.3 Å². The summed E-state index contributed by atoms with van der Waals surface area (Å²) in [4.78, 5) is 27.9. The predicted octanol–water partition coefficient (Wildman–Crippen LogP) is -0.434. The van der Waals surface area contributed by atoms with Crippen molar-refractivity contribution in [2.24, 2.45) is 0 Å². The van der Waals surface area contributed by atoms with Gasteiger partial charge in [-0.05, 0) is 5.56 Å². The van der Waals surface area contributed by atoms with Gasteiger partial charge in [0.25, 0.3) is 0 Å². The van der Waals surface area contributed by atoms with Crippen molar-refractivity contribution in [3.63, 3.8) is 0 Å². The van der Waals surface area contributed by atoms with E-state index in [2.05, 4.69) is 5.32 Å². The van der Waals surface area contributed by atoms with Crippen molar-refractivity contribution in [2.45, 2.75) is 37.4 Å². The second-order valence-corrected chi connectivity index (χ2v) is 7.42. The minimum Gasteiger partial charge on any atom is -0.388 e. The monoisotopic (exact) mass is 407 g/mol. The van der Waals surface area contributed by atoms with E-state index in [1.165, 1.54) is 0 Å². The third kappa shape index (κ3) is 5.66. The lowest BCUT2D eigenvalue weighted by Crippen LogP contribution is -2.49. The fourth-order valence-electron chi connectivity index (χ4n) is 3.50. The van der Waals surface area contributed by atoms with Gasteiger partial charge in [-0.25, -0.2) is 4.79 Å². The molecular weight excluding hydrogens is 378 g/mol. The summed E-state index contributed by atoms with van der Waals surface area (Å²) >= 11 is 0. The Labute approximate surface area is 170 Å². The number of amides is 3. The zero-order chi connectivity index (χ0) is 20.8. The number of urea groups is 1. The number of aliphatic hydroxyl groups excluding tert-OH is 2. The van der Waals surface area contributed by atoms with E-state index >= 15 is 0 Å². The van der Waals surface area contributed by atoms with Gasteiger partial charge in [0.2, 0.25) is 5.91 Å². The summed E-state index contributed by atoms with van der Waals surface area (Å²) in [6.45, 7) is 2.51. The number of carbonyl (C=O) groups is 2. The highest BCUT2D eigenvalue weighted by molar-refractivity contribution is 5.76. The van der Waals surface area contributed by atoms with E-state index in [0.717, 1.165) is 5.56 Å². The molecule has 9 heteroatoms. The standard InChI is InChI=1S/C20H29N3O6/c1-22(13-14-5-3-2-4-6-14)17(24)11-15-18(25)19(26)16(29-15)12-21-20(27)23-7-9-28-10-8-23/h2-6,15-16,18-19,25-26H,7-13H2,1H3,(H,21,27)/t15-,16-,18+,19-/m1/s1. The van der Waals surface area contributed by atoms with Gasteiger partial charge in [-0.3, -0.25) is 4.79 Å². The lowest BCUT2D eigenvalue weighted by molar-refractivity contribution is -0.134. The van der Waals surface area contributed by atoms with E-state index in [4.69, 9.17) is 9.47 Å². The average Bonchev–Trinajstić information content (AvgIpc) is 3.01. The van der Waals surface area contributed by atoms with Gasteiger partial charge in [-0.1, -0.05) is 30.3 Å². The van der Waals surface area contributed by atoms with Crippen molar-refractivity contribution in [2.75, 3.05) is 39.9 Å². The highest BCUT2D eigenvalue weighted by Gasteiger charge is 2.43. The SMILES string of the molecule is CN(Cc1ccccc1)C(=O)C[C@H]1O[C@H](CNC(=O)N2CCOCC2)[C@@H](O)[C@H]1O. The summed E-state index contributed by atoms with van der Waals surface area (Å²) < 4.78 is 10.9. The number of hydrogen-bond donors (Lipinski definition) is 3. The van der Waals surface area contributed by atoms with Crippen LogP contribution in [-0.2, 0) is 20.8 Å². The first-order valence-corrected chi connectivity index (χ1v) is 9.85. The Morgan fingerprint density at radius 1 is 1.14 bits per heavy atom. The summed E-state index contributed by atoms with van der Waals surface area (Å²) in [5.41, 5.74) is 1.000. The van der Waals surface area contributed by atoms with Crippen molar-refractivity contribution in [1.29, 1.82) is 0 Å². The maximum Gasteiger partial charge on any atom is 0.317 e. The first-order chi connectivity index (χ1) is 14.0. The van der Waals surface area contributed by atoms with Gasteiger partial charge in [0, 0.05) is 33.2 Å². The van der Waals surface area contributed by atoms with Crippen LogP contribution in [0.25, 0.3) is 0 Å². The molecule has 2 saturated heterocycles. The molecule has 0 spiro atoms. The average molecular weight is 407 g/mol. The van der Waals surface area contributed by atoms with E-state index in [9.17, 15) is 19.8 Å². The molecule has 2 heterocycles. The Balaban J connectivity index is 1.47. The molecule has 2 aliphatic rings. The molecule has 3 rings (SSSR count). The van der Waals surface area contributed by atoms with Gasteiger partial charge in [0.1, 0.15) is 18.3 Å². The number of nitrogens with one attached hydrogen (secondary N) is 1. The minimum atomic E-state index is -1.19. The number of nitrogens with zero attached hydrogens (tertiary/aromatic N) is 2. The third-order valence-corrected chi connectivity index (χ3v) is 5.28. The number of carbonyl (C=O) groups excluding carboxylic acids is 2. The molecule has 3 amide bonds. The maximum atomic E-state index is 12.5. The molecule has 29 heavy (non-hydrogen) atoms. The van der Waals surface area contributed by atoms with Crippen LogP contribution in [0.1, 0.15) is 12.0 Å². The molecule has 0 unspecified atom stereocenters. The van der Waals surface area contributed by atoms with Crippen molar-refractivity contribution >= 4 is 11.9 Å². The molecule has 0 bridgehead atoms. The van der Waals surface area contributed by atoms with Gasteiger partial charge in [0.05, 0.1) is 25.7 Å². The number of ether oxygens (including phenoxy) is 2.